The van der Waals surface area contributed by atoms with Gasteiger partial charge in [-0.05, 0) is 42.3 Å². The minimum absolute atomic E-state index is 0.263. The molecule has 0 aliphatic heterocycles. The Bertz CT molecular complexity index is 1190. The number of nitrogens with one attached hydrogen (secondary N) is 1. The monoisotopic (exact) mass is 444 g/mol. The molecule has 2 aromatic carbocycles. The average Bonchev–Trinajstić information content (AvgIpc) is 3.09. The fraction of sp³-hybridized carbons (Fsp3) is 0.0952. The number of imidazole rings is 1. The van der Waals surface area contributed by atoms with Crippen LogP contribution in [0.2, 0.25) is 15.1 Å². The molecule has 0 radical (unpaired) electrons. The zero-order valence-corrected chi connectivity index (χ0v) is 17.3. The first-order chi connectivity index (χ1) is 14.0. The zero-order valence-electron chi connectivity index (χ0n) is 15.1. The second-order valence-corrected chi connectivity index (χ2v) is 7.65. The molecule has 4 aromatic rings. The van der Waals surface area contributed by atoms with Crippen LogP contribution in [0.15, 0.2) is 61.1 Å². The van der Waals surface area contributed by atoms with Gasteiger partial charge in [0.25, 0.3) is 5.91 Å². The van der Waals surface area contributed by atoms with E-state index >= 15 is 0 Å². The Hall–Kier alpha value is -2.60. The Morgan fingerprint density at radius 2 is 1.79 bits per heavy atom. The van der Waals surface area contributed by atoms with Crippen LogP contribution in [0, 0.1) is 0 Å². The van der Waals surface area contributed by atoms with Crippen LogP contribution in [0.3, 0.4) is 0 Å². The summed E-state index contributed by atoms with van der Waals surface area (Å²) in [6, 6.07) is 12.7. The highest BCUT2D eigenvalue weighted by molar-refractivity contribution is 6.36. The van der Waals surface area contributed by atoms with E-state index in [9.17, 15) is 4.79 Å². The van der Waals surface area contributed by atoms with Gasteiger partial charge in [0, 0.05) is 34.5 Å². The van der Waals surface area contributed by atoms with Crippen LogP contribution in [0.25, 0.3) is 16.8 Å². The molecule has 0 fully saturated rings. The number of aromatic nitrogens is 3. The SMILES string of the molecule is O=C(NCCc1ccc(Cl)cc1)c1nc(-c2ccc(Cl)cc2Cl)c2cnccn12. The quantitative estimate of drug-likeness (QED) is 0.452. The lowest BCUT2D eigenvalue weighted by molar-refractivity contribution is 0.0943. The first-order valence-electron chi connectivity index (χ1n) is 8.83. The number of carbonyl (C=O) groups excluding carboxylic acids is 1. The van der Waals surface area contributed by atoms with Gasteiger partial charge in [-0.15, -0.1) is 0 Å². The molecule has 0 unspecified atom stereocenters. The predicted octanol–water partition coefficient (Wildman–Crippen LogP) is 5.33. The number of hydrogen-bond acceptors (Lipinski definition) is 3. The van der Waals surface area contributed by atoms with Crippen molar-refractivity contribution in [3.8, 4) is 11.3 Å². The maximum absolute atomic E-state index is 12.8. The van der Waals surface area contributed by atoms with E-state index in [-0.39, 0.29) is 11.7 Å². The molecule has 146 valence electrons. The largest absolute Gasteiger partial charge is 0.349 e. The number of fused-ring (bicyclic) bond motifs is 1. The summed E-state index contributed by atoms with van der Waals surface area (Å²) in [5, 5.41) is 4.58. The van der Waals surface area contributed by atoms with Crippen molar-refractivity contribution in [3.05, 3.63) is 87.5 Å². The van der Waals surface area contributed by atoms with E-state index in [1.54, 1.807) is 41.2 Å². The minimum Gasteiger partial charge on any atom is -0.349 e. The molecule has 2 heterocycles. The molecule has 0 spiro atoms. The predicted molar refractivity (Wildman–Crippen MR) is 116 cm³/mol. The third-order valence-electron chi connectivity index (χ3n) is 4.45. The molecule has 4 rings (SSSR count). The Labute approximate surface area is 182 Å². The molecule has 29 heavy (non-hydrogen) atoms. The van der Waals surface area contributed by atoms with Crippen LogP contribution in [0.5, 0.6) is 0 Å². The van der Waals surface area contributed by atoms with Gasteiger partial charge in [-0.3, -0.25) is 14.2 Å². The minimum atomic E-state index is -0.281. The van der Waals surface area contributed by atoms with Crippen molar-refractivity contribution >= 4 is 46.2 Å². The first-order valence-corrected chi connectivity index (χ1v) is 9.96. The molecular weight excluding hydrogens is 431 g/mol. The third-order valence-corrected chi connectivity index (χ3v) is 5.25. The maximum Gasteiger partial charge on any atom is 0.287 e. The van der Waals surface area contributed by atoms with Crippen LogP contribution in [-0.4, -0.2) is 26.8 Å². The van der Waals surface area contributed by atoms with Gasteiger partial charge < -0.3 is 5.32 Å². The molecule has 0 saturated heterocycles. The number of rotatable bonds is 5. The first kappa shape index (κ1) is 19.7. The van der Waals surface area contributed by atoms with Crippen LogP contribution in [-0.2, 0) is 6.42 Å². The highest BCUT2D eigenvalue weighted by atomic mass is 35.5. The lowest BCUT2D eigenvalue weighted by Crippen LogP contribution is -2.27. The van der Waals surface area contributed by atoms with Crippen LogP contribution >= 0.6 is 34.8 Å². The molecular formula is C21H15Cl3N4O. The van der Waals surface area contributed by atoms with E-state index in [1.165, 1.54) is 0 Å². The highest BCUT2D eigenvalue weighted by Crippen LogP contribution is 2.32. The third kappa shape index (κ3) is 4.22. The smallest absolute Gasteiger partial charge is 0.287 e. The Morgan fingerprint density at radius 3 is 2.55 bits per heavy atom. The molecule has 5 nitrogen and oxygen atoms in total. The van der Waals surface area contributed by atoms with E-state index < -0.39 is 0 Å². The molecule has 0 saturated carbocycles. The number of halogens is 3. The lowest BCUT2D eigenvalue weighted by atomic mass is 10.1. The normalized spacial score (nSPS) is 11.0. The number of carbonyl (C=O) groups is 1. The van der Waals surface area contributed by atoms with Crippen molar-refractivity contribution in [3.63, 3.8) is 0 Å². The average molecular weight is 446 g/mol. The van der Waals surface area contributed by atoms with E-state index in [0.29, 0.717) is 44.8 Å². The number of nitrogens with zero attached hydrogens (tertiary/aromatic N) is 3. The topological polar surface area (TPSA) is 59.3 Å². The van der Waals surface area contributed by atoms with Gasteiger partial charge >= 0.3 is 0 Å². The van der Waals surface area contributed by atoms with Crippen LogP contribution in [0.4, 0.5) is 0 Å². The maximum atomic E-state index is 12.8. The second-order valence-electron chi connectivity index (χ2n) is 6.37. The molecule has 2 aromatic heterocycles. The Balaban J connectivity index is 1.60. The van der Waals surface area contributed by atoms with Gasteiger partial charge in [-0.1, -0.05) is 46.9 Å². The van der Waals surface area contributed by atoms with Gasteiger partial charge in [0.2, 0.25) is 5.82 Å². The van der Waals surface area contributed by atoms with E-state index in [0.717, 1.165) is 5.56 Å². The molecule has 0 aliphatic carbocycles. The van der Waals surface area contributed by atoms with Gasteiger partial charge in [0.15, 0.2) is 0 Å². The summed E-state index contributed by atoms with van der Waals surface area (Å²) >= 11 is 18.3. The van der Waals surface area contributed by atoms with Crippen molar-refractivity contribution < 1.29 is 4.79 Å². The Kier molecular flexibility index (Phi) is 5.72. The molecule has 1 N–H and O–H groups in total. The lowest BCUT2D eigenvalue weighted by Gasteiger charge is -2.05. The van der Waals surface area contributed by atoms with Crippen molar-refractivity contribution in [2.45, 2.75) is 6.42 Å². The van der Waals surface area contributed by atoms with Crippen molar-refractivity contribution in [1.82, 2.24) is 19.7 Å². The van der Waals surface area contributed by atoms with Gasteiger partial charge in [-0.2, -0.15) is 0 Å². The van der Waals surface area contributed by atoms with Crippen molar-refractivity contribution in [1.29, 1.82) is 0 Å². The van der Waals surface area contributed by atoms with Crippen molar-refractivity contribution in [2.75, 3.05) is 6.54 Å². The van der Waals surface area contributed by atoms with Crippen LogP contribution < -0.4 is 5.32 Å². The summed E-state index contributed by atoms with van der Waals surface area (Å²) in [6.07, 6.45) is 5.64. The number of benzene rings is 2. The second kappa shape index (κ2) is 8.41. The molecule has 1 amide bonds. The summed E-state index contributed by atoms with van der Waals surface area (Å²) < 4.78 is 1.70. The fourth-order valence-electron chi connectivity index (χ4n) is 3.03. The van der Waals surface area contributed by atoms with Gasteiger partial charge in [-0.25, -0.2) is 4.98 Å². The Morgan fingerprint density at radius 1 is 1.03 bits per heavy atom. The van der Waals surface area contributed by atoms with E-state index in [2.05, 4.69) is 15.3 Å². The molecule has 0 atom stereocenters. The van der Waals surface area contributed by atoms with E-state index in [4.69, 9.17) is 34.8 Å². The molecule has 8 heteroatoms. The van der Waals surface area contributed by atoms with Crippen molar-refractivity contribution in [2.24, 2.45) is 0 Å². The van der Waals surface area contributed by atoms with Crippen LogP contribution in [0.1, 0.15) is 16.2 Å². The summed E-state index contributed by atoms with van der Waals surface area (Å²) in [5.74, 6) is -0.0176. The summed E-state index contributed by atoms with van der Waals surface area (Å²) in [4.78, 5) is 21.5. The standard InChI is InChI=1S/C21H15Cl3N4O/c22-14-3-1-13(2-4-14)7-8-26-21(29)20-27-19(18-12-25-9-10-28(18)20)16-6-5-15(23)11-17(16)24/h1-6,9-12H,7-8H2,(H,26,29). The summed E-state index contributed by atoms with van der Waals surface area (Å²) in [6.45, 7) is 0.470. The zero-order chi connectivity index (χ0) is 20.4. The number of hydrogen-bond donors (Lipinski definition) is 1. The van der Waals surface area contributed by atoms with Gasteiger partial charge in [0.1, 0.15) is 5.69 Å². The fourth-order valence-corrected chi connectivity index (χ4v) is 3.65. The molecule has 0 bridgehead atoms. The van der Waals surface area contributed by atoms with Gasteiger partial charge in [0.05, 0.1) is 16.7 Å². The molecule has 0 aliphatic rings. The highest BCUT2D eigenvalue weighted by Gasteiger charge is 2.19. The van der Waals surface area contributed by atoms with E-state index in [1.807, 2.05) is 24.3 Å². The summed E-state index contributed by atoms with van der Waals surface area (Å²) in [5.41, 5.74) is 3.02. The number of amides is 1. The summed E-state index contributed by atoms with van der Waals surface area (Å²) in [7, 11) is 0.